The van der Waals surface area contributed by atoms with Crippen LogP contribution in [0, 0.1) is 0 Å². The highest BCUT2D eigenvalue weighted by molar-refractivity contribution is 7.89. The molecular formula is C10H12ClN3O3S. The quantitative estimate of drug-likeness (QED) is 0.686. The van der Waals surface area contributed by atoms with Crippen LogP contribution in [0.3, 0.4) is 0 Å². The third-order valence-corrected chi connectivity index (χ3v) is 4.55. The molecule has 0 spiro atoms. The summed E-state index contributed by atoms with van der Waals surface area (Å²) >= 11 is 5.85. The summed E-state index contributed by atoms with van der Waals surface area (Å²) in [7, 11) is -3.74. The van der Waals surface area contributed by atoms with Crippen molar-refractivity contribution in [2.24, 2.45) is 0 Å². The van der Waals surface area contributed by atoms with E-state index in [4.69, 9.17) is 17.3 Å². The first-order valence-electron chi connectivity index (χ1n) is 5.22. The zero-order valence-corrected chi connectivity index (χ0v) is 10.9. The van der Waals surface area contributed by atoms with Crippen LogP contribution in [0.5, 0.6) is 0 Å². The van der Waals surface area contributed by atoms with E-state index in [-0.39, 0.29) is 28.8 Å². The molecular weight excluding hydrogens is 278 g/mol. The summed E-state index contributed by atoms with van der Waals surface area (Å²) in [5.41, 5.74) is 5.88. The van der Waals surface area contributed by atoms with Gasteiger partial charge in [0.1, 0.15) is 4.90 Å². The molecule has 1 fully saturated rings. The van der Waals surface area contributed by atoms with Gasteiger partial charge in [0, 0.05) is 24.7 Å². The second kappa shape index (κ2) is 4.75. The second-order valence-electron chi connectivity index (χ2n) is 4.02. The van der Waals surface area contributed by atoms with Gasteiger partial charge >= 0.3 is 0 Å². The van der Waals surface area contributed by atoms with Crippen LogP contribution >= 0.6 is 11.6 Å². The van der Waals surface area contributed by atoms with Crippen LogP contribution in [0.1, 0.15) is 6.42 Å². The number of rotatable bonds is 3. The molecule has 0 aromatic heterocycles. The standard InChI is InChI=1S/C10H12ClN3O3S/c11-8-3-6(12)1-2-9(8)18(16,17)14-7-4-10(15)13-5-7/h1-3,7,14H,4-5,12H2,(H,13,15). The molecule has 98 valence electrons. The molecule has 0 aliphatic carbocycles. The number of nitrogens with two attached hydrogens (primary N) is 1. The lowest BCUT2D eigenvalue weighted by molar-refractivity contribution is -0.119. The predicted molar refractivity (Wildman–Crippen MR) is 67.6 cm³/mol. The molecule has 1 amide bonds. The Balaban J connectivity index is 2.23. The van der Waals surface area contributed by atoms with Gasteiger partial charge in [0.05, 0.1) is 5.02 Å². The van der Waals surface area contributed by atoms with Crippen molar-refractivity contribution in [2.75, 3.05) is 12.3 Å². The Hall–Kier alpha value is -1.31. The molecule has 1 unspecified atom stereocenters. The van der Waals surface area contributed by atoms with Gasteiger partial charge in [-0.1, -0.05) is 11.6 Å². The van der Waals surface area contributed by atoms with Gasteiger partial charge in [-0.05, 0) is 18.2 Å². The van der Waals surface area contributed by atoms with Crippen LogP contribution in [0.15, 0.2) is 23.1 Å². The van der Waals surface area contributed by atoms with E-state index in [1.807, 2.05) is 0 Å². The van der Waals surface area contributed by atoms with Crippen molar-refractivity contribution in [1.82, 2.24) is 10.0 Å². The maximum Gasteiger partial charge on any atom is 0.242 e. The van der Waals surface area contributed by atoms with E-state index in [2.05, 4.69) is 10.0 Å². The zero-order chi connectivity index (χ0) is 13.3. The zero-order valence-electron chi connectivity index (χ0n) is 9.31. The summed E-state index contributed by atoms with van der Waals surface area (Å²) in [4.78, 5) is 11.0. The van der Waals surface area contributed by atoms with E-state index < -0.39 is 16.1 Å². The minimum absolute atomic E-state index is 0.0438. The van der Waals surface area contributed by atoms with Crippen molar-refractivity contribution >= 4 is 33.2 Å². The molecule has 6 nitrogen and oxygen atoms in total. The Kier molecular flexibility index (Phi) is 3.47. The van der Waals surface area contributed by atoms with Crippen molar-refractivity contribution in [1.29, 1.82) is 0 Å². The number of nitrogens with one attached hydrogen (secondary N) is 2. The predicted octanol–water partition coefficient (Wildman–Crippen LogP) is 0.0890. The fraction of sp³-hybridized carbons (Fsp3) is 0.300. The summed E-state index contributed by atoms with van der Waals surface area (Å²) < 4.78 is 26.5. The number of benzene rings is 1. The summed E-state index contributed by atoms with van der Waals surface area (Å²) in [5, 5.41) is 2.60. The SMILES string of the molecule is Nc1ccc(S(=O)(=O)NC2CNC(=O)C2)c(Cl)c1. The Bertz CT molecular complexity index is 588. The average Bonchev–Trinajstić information content (AvgIpc) is 2.62. The van der Waals surface area contributed by atoms with E-state index in [1.54, 1.807) is 0 Å². The lowest BCUT2D eigenvalue weighted by Gasteiger charge is -2.12. The summed E-state index contributed by atoms with van der Waals surface area (Å²) in [5.74, 6) is -0.175. The summed E-state index contributed by atoms with van der Waals surface area (Å²) in [6.07, 6.45) is 0.131. The number of nitrogen functional groups attached to an aromatic ring is 1. The van der Waals surface area contributed by atoms with Crippen molar-refractivity contribution in [3.8, 4) is 0 Å². The number of anilines is 1. The van der Waals surface area contributed by atoms with Gasteiger partial charge in [0.2, 0.25) is 15.9 Å². The van der Waals surface area contributed by atoms with E-state index >= 15 is 0 Å². The van der Waals surface area contributed by atoms with Gasteiger partial charge in [0.25, 0.3) is 0 Å². The van der Waals surface area contributed by atoms with Crippen LogP contribution in [-0.2, 0) is 14.8 Å². The molecule has 0 bridgehead atoms. The van der Waals surface area contributed by atoms with E-state index in [1.165, 1.54) is 18.2 Å². The first-order chi connectivity index (χ1) is 8.38. The highest BCUT2D eigenvalue weighted by Gasteiger charge is 2.27. The smallest absolute Gasteiger partial charge is 0.242 e. The van der Waals surface area contributed by atoms with Crippen LogP contribution < -0.4 is 15.8 Å². The van der Waals surface area contributed by atoms with Gasteiger partial charge < -0.3 is 11.1 Å². The first kappa shape index (κ1) is 13.1. The number of carbonyl (C=O) groups excluding carboxylic acids is 1. The molecule has 1 aliphatic rings. The monoisotopic (exact) mass is 289 g/mol. The van der Waals surface area contributed by atoms with Crippen LogP contribution in [-0.4, -0.2) is 26.9 Å². The topological polar surface area (TPSA) is 101 Å². The van der Waals surface area contributed by atoms with Crippen LogP contribution in [0.25, 0.3) is 0 Å². The maximum absolute atomic E-state index is 12.1. The second-order valence-corrected chi connectivity index (χ2v) is 6.11. The van der Waals surface area contributed by atoms with E-state index in [0.29, 0.717) is 5.69 Å². The largest absolute Gasteiger partial charge is 0.399 e. The molecule has 1 saturated heterocycles. The molecule has 0 saturated carbocycles. The number of halogens is 1. The number of hydrogen-bond donors (Lipinski definition) is 3. The molecule has 2 rings (SSSR count). The average molecular weight is 290 g/mol. The minimum Gasteiger partial charge on any atom is -0.399 e. The number of hydrogen-bond acceptors (Lipinski definition) is 4. The Morgan fingerprint density at radius 3 is 2.72 bits per heavy atom. The molecule has 0 radical (unpaired) electrons. The molecule has 4 N–H and O–H groups in total. The maximum atomic E-state index is 12.1. The molecule has 1 aromatic carbocycles. The minimum atomic E-state index is -3.74. The van der Waals surface area contributed by atoms with Gasteiger partial charge in [-0.3, -0.25) is 4.79 Å². The van der Waals surface area contributed by atoms with E-state index in [0.717, 1.165) is 0 Å². The van der Waals surface area contributed by atoms with Crippen molar-refractivity contribution < 1.29 is 13.2 Å². The summed E-state index contributed by atoms with van der Waals surface area (Å²) in [6.45, 7) is 0.282. The number of carbonyl (C=O) groups is 1. The van der Waals surface area contributed by atoms with Crippen molar-refractivity contribution in [3.63, 3.8) is 0 Å². The fourth-order valence-corrected chi connectivity index (χ4v) is 3.50. The lowest BCUT2D eigenvalue weighted by atomic mass is 10.3. The van der Waals surface area contributed by atoms with Crippen molar-refractivity contribution in [3.05, 3.63) is 23.2 Å². The Labute approximate surface area is 110 Å². The highest BCUT2D eigenvalue weighted by Crippen LogP contribution is 2.24. The number of sulfonamides is 1. The number of amides is 1. The van der Waals surface area contributed by atoms with Crippen LogP contribution in [0.4, 0.5) is 5.69 Å². The van der Waals surface area contributed by atoms with Gasteiger partial charge in [-0.15, -0.1) is 0 Å². The third-order valence-electron chi connectivity index (χ3n) is 2.54. The molecule has 1 atom stereocenters. The Morgan fingerprint density at radius 2 is 2.17 bits per heavy atom. The third kappa shape index (κ3) is 2.74. The molecule has 1 heterocycles. The van der Waals surface area contributed by atoms with Gasteiger partial charge in [-0.2, -0.15) is 0 Å². The Morgan fingerprint density at radius 1 is 1.44 bits per heavy atom. The summed E-state index contributed by atoms with van der Waals surface area (Å²) in [6, 6.07) is 3.72. The molecule has 8 heteroatoms. The van der Waals surface area contributed by atoms with Gasteiger partial charge in [-0.25, -0.2) is 13.1 Å². The molecule has 18 heavy (non-hydrogen) atoms. The molecule has 1 aromatic rings. The first-order valence-corrected chi connectivity index (χ1v) is 7.08. The van der Waals surface area contributed by atoms with Crippen LogP contribution in [0.2, 0.25) is 5.02 Å². The highest BCUT2D eigenvalue weighted by atomic mass is 35.5. The van der Waals surface area contributed by atoms with Crippen molar-refractivity contribution in [2.45, 2.75) is 17.4 Å². The van der Waals surface area contributed by atoms with E-state index in [9.17, 15) is 13.2 Å². The molecule has 1 aliphatic heterocycles. The fourth-order valence-electron chi connectivity index (χ4n) is 1.71. The van der Waals surface area contributed by atoms with Gasteiger partial charge in [0.15, 0.2) is 0 Å². The normalized spacial score (nSPS) is 19.8. The lowest BCUT2D eigenvalue weighted by Crippen LogP contribution is -2.36.